The average Bonchev–Trinajstić information content (AvgIpc) is 2.54. The van der Waals surface area contributed by atoms with Gasteiger partial charge in [-0.3, -0.25) is 4.79 Å². The third-order valence-electron chi connectivity index (χ3n) is 3.51. The first-order valence-corrected chi connectivity index (χ1v) is 8.56. The Bertz CT molecular complexity index is 725. The van der Waals surface area contributed by atoms with E-state index >= 15 is 0 Å². The third kappa shape index (κ3) is 5.49. The Labute approximate surface area is 151 Å². The standard InChI is InChI=1S/C19H21BrN2O2/c1-13(2)18-9-8-17(10-14(18)3)24-12-19(23)22-21-11-15-4-6-16(20)7-5-15/h4-11,13H,12H2,1-3H3,(H,22,23)/b21-11+. The number of carbonyl (C=O) groups is 1. The van der Waals surface area contributed by atoms with Crippen LogP contribution in [0, 0.1) is 6.92 Å². The predicted octanol–water partition coefficient (Wildman–Crippen LogP) is 4.41. The number of ether oxygens (including phenoxy) is 1. The molecule has 24 heavy (non-hydrogen) atoms. The maximum Gasteiger partial charge on any atom is 0.277 e. The Balaban J connectivity index is 1.82. The summed E-state index contributed by atoms with van der Waals surface area (Å²) >= 11 is 3.37. The second kappa shape index (κ2) is 8.64. The van der Waals surface area contributed by atoms with Gasteiger partial charge in [0, 0.05) is 4.47 Å². The minimum absolute atomic E-state index is 0.0713. The van der Waals surface area contributed by atoms with Gasteiger partial charge >= 0.3 is 0 Å². The van der Waals surface area contributed by atoms with Crippen LogP contribution in [-0.4, -0.2) is 18.7 Å². The average molecular weight is 389 g/mol. The Morgan fingerprint density at radius 3 is 2.58 bits per heavy atom. The number of halogens is 1. The summed E-state index contributed by atoms with van der Waals surface area (Å²) in [5.74, 6) is 0.855. The molecule has 0 aliphatic carbocycles. The molecule has 0 aliphatic heterocycles. The Morgan fingerprint density at radius 2 is 1.96 bits per heavy atom. The fraction of sp³-hybridized carbons (Fsp3) is 0.263. The number of nitrogens with zero attached hydrogens (tertiary/aromatic N) is 1. The Hall–Kier alpha value is -2.14. The molecule has 4 nitrogen and oxygen atoms in total. The van der Waals surface area contributed by atoms with E-state index in [4.69, 9.17) is 4.74 Å². The predicted molar refractivity (Wildman–Crippen MR) is 101 cm³/mol. The van der Waals surface area contributed by atoms with Gasteiger partial charge in [0.15, 0.2) is 6.61 Å². The van der Waals surface area contributed by atoms with Crippen LogP contribution in [0.1, 0.15) is 36.5 Å². The number of amides is 1. The van der Waals surface area contributed by atoms with Crippen molar-refractivity contribution in [3.63, 3.8) is 0 Å². The Morgan fingerprint density at radius 1 is 1.25 bits per heavy atom. The molecule has 2 rings (SSSR count). The summed E-state index contributed by atoms with van der Waals surface area (Å²) in [6.45, 7) is 6.28. The summed E-state index contributed by atoms with van der Waals surface area (Å²) in [5.41, 5.74) is 5.80. The van der Waals surface area contributed by atoms with Crippen LogP contribution in [-0.2, 0) is 4.79 Å². The molecule has 0 radical (unpaired) electrons. The number of hydrogen-bond donors (Lipinski definition) is 1. The van der Waals surface area contributed by atoms with Crippen molar-refractivity contribution in [2.24, 2.45) is 5.10 Å². The molecule has 0 saturated carbocycles. The topological polar surface area (TPSA) is 50.7 Å². The largest absolute Gasteiger partial charge is 0.484 e. The van der Waals surface area contributed by atoms with Gasteiger partial charge < -0.3 is 4.74 Å². The van der Waals surface area contributed by atoms with Gasteiger partial charge in [0.2, 0.25) is 0 Å². The van der Waals surface area contributed by atoms with E-state index in [0.29, 0.717) is 11.7 Å². The molecule has 126 valence electrons. The van der Waals surface area contributed by atoms with Gasteiger partial charge in [-0.25, -0.2) is 5.43 Å². The zero-order valence-electron chi connectivity index (χ0n) is 14.0. The number of nitrogens with one attached hydrogen (secondary N) is 1. The van der Waals surface area contributed by atoms with Gasteiger partial charge in [0.1, 0.15) is 5.75 Å². The Kier molecular flexibility index (Phi) is 6.55. The highest BCUT2D eigenvalue weighted by Crippen LogP contribution is 2.23. The van der Waals surface area contributed by atoms with Crippen LogP contribution in [0.2, 0.25) is 0 Å². The monoisotopic (exact) mass is 388 g/mol. The van der Waals surface area contributed by atoms with Crippen molar-refractivity contribution in [1.82, 2.24) is 5.43 Å². The van der Waals surface area contributed by atoms with Crippen LogP contribution in [0.25, 0.3) is 0 Å². The molecule has 2 aromatic rings. The van der Waals surface area contributed by atoms with Gasteiger partial charge in [-0.15, -0.1) is 0 Å². The van der Waals surface area contributed by atoms with Crippen molar-refractivity contribution in [2.75, 3.05) is 6.61 Å². The fourth-order valence-electron chi connectivity index (χ4n) is 2.29. The van der Waals surface area contributed by atoms with Crippen molar-refractivity contribution in [1.29, 1.82) is 0 Å². The van der Waals surface area contributed by atoms with Crippen molar-refractivity contribution in [3.8, 4) is 5.75 Å². The highest BCUT2D eigenvalue weighted by Gasteiger charge is 2.06. The van der Waals surface area contributed by atoms with Crippen molar-refractivity contribution in [2.45, 2.75) is 26.7 Å². The number of hydrazone groups is 1. The number of hydrogen-bond acceptors (Lipinski definition) is 3. The van der Waals surface area contributed by atoms with E-state index in [0.717, 1.165) is 15.6 Å². The molecular weight excluding hydrogens is 368 g/mol. The second-order valence-electron chi connectivity index (χ2n) is 5.81. The summed E-state index contributed by atoms with van der Waals surface area (Å²) in [6, 6.07) is 13.5. The van der Waals surface area contributed by atoms with Crippen LogP contribution in [0.15, 0.2) is 52.0 Å². The molecular formula is C19H21BrN2O2. The molecule has 0 aromatic heterocycles. The van der Waals surface area contributed by atoms with Crippen molar-refractivity contribution < 1.29 is 9.53 Å². The number of rotatable bonds is 6. The summed E-state index contributed by atoms with van der Waals surface area (Å²) in [7, 11) is 0. The molecule has 0 spiro atoms. The van der Waals surface area contributed by atoms with Crippen molar-refractivity contribution >= 4 is 28.1 Å². The van der Waals surface area contributed by atoms with E-state index in [1.54, 1.807) is 6.21 Å². The molecule has 0 bridgehead atoms. The van der Waals surface area contributed by atoms with E-state index < -0.39 is 0 Å². The smallest absolute Gasteiger partial charge is 0.277 e. The normalized spacial score (nSPS) is 11.0. The van der Waals surface area contributed by atoms with Crippen LogP contribution >= 0.6 is 15.9 Å². The highest BCUT2D eigenvalue weighted by atomic mass is 79.9. The SMILES string of the molecule is Cc1cc(OCC(=O)N/N=C/c2ccc(Br)cc2)ccc1C(C)C. The van der Waals surface area contributed by atoms with E-state index in [2.05, 4.69) is 40.3 Å². The molecule has 0 heterocycles. The van der Waals surface area contributed by atoms with Crippen LogP contribution in [0.5, 0.6) is 5.75 Å². The zero-order valence-corrected chi connectivity index (χ0v) is 15.6. The molecule has 1 amide bonds. The lowest BCUT2D eigenvalue weighted by Gasteiger charge is -2.12. The van der Waals surface area contributed by atoms with Gasteiger partial charge in [-0.1, -0.05) is 48.0 Å². The fourth-order valence-corrected chi connectivity index (χ4v) is 2.56. The number of benzene rings is 2. The van der Waals surface area contributed by atoms with E-state index in [1.165, 1.54) is 5.56 Å². The molecule has 0 atom stereocenters. The van der Waals surface area contributed by atoms with Crippen LogP contribution in [0.4, 0.5) is 0 Å². The first-order valence-electron chi connectivity index (χ1n) is 7.76. The molecule has 1 N–H and O–H groups in total. The van der Waals surface area contributed by atoms with Crippen LogP contribution < -0.4 is 10.2 Å². The maximum absolute atomic E-state index is 11.8. The summed E-state index contributed by atoms with van der Waals surface area (Å²) in [4.78, 5) is 11.8. The van der Waals surface area contributed by atoms with E-state index in [9.17, 15) is 4.79 Å². The molecule has 2 aromatic carbocycles. The quantitative estimate of drug-likeness (QED) is 0.588. The highest BCUT2D eigenvalue weighted by molar-refractivity contribution is 9.10. The molecule has 0 saturated heterocycles. The second-order valence-corrected chi connectivity index (χ2v) is 6.72. The third-order valence-corrected chi connectivity index (χ3v) is 4.03. The summed E-state index contributed by atoms with van der Waals surface area (Å²) in [5, 5.41) is 3.92. The van der Waals surface area contributed by atoms with Gasteiger partial charge in [-0.2, -0.15) is 5.10 Å². The lowest BCUT2D eigenvalue weighted by Crippen LogP contribution is -2.24. The molecule has 5 heteroatoms. The van der Waals surface area contributed by atoms with Gasteiger partial charge in [0.25, 0.3) is 5.91 Å². The number of aryl methyl sites for hydroxylation is 1. The van der Waals surface area contributed by atoms with Gasteiger partial charge in [-0.05, 0) is 53.8 Å². The lowest BCUT2D eigenvalue weighted by molar-refractivity contribution is -0.123. The van der Waals surface area contributed by atoms with E-state index in [-0.39, 0.29) is 12.5 Å². The minimum atomic E-state index is -0.297. The first-order chi connectivity index (χ1) is 11.5. The lowest BCUT2D eigenvalue weighted by atomic mass is 9.98. The van der Waals surface area contributed by atoms with Crippen LogP contribution in [0.3, 0.4) is 0 Å². The summed E-state index contributed by atoms with van der Waals surface area (Å²) in [6.07, 6.45) is 1.59. The summed E-state index contributed by atoms with van der Waals surface area (Å²) < 4.78 is 6.51. The zero-order chi connectivity index (χ0) is 17.5. The minimum Gasteiger partial charge on any atom is -0.484 e. The molecule has 0 unspecified atom stereocenters. The number of carbonyl (C=O) groups excluding carboxylic acids is 1. The maximum atomic E-state index is 11.8. The first kappa shape index (κ1) is 18.2. The molecule has 0 fully saturated rings. The van der Waals surface area contributed by atoms with Gasteiger partial charge in [0.05, 0.1) is 6.21 Å². The van der Waals surface area contributed by atoms with Crippen molar-refractivity contribution in [3.05, 3.63) is 63.6 Å². The van der Waals surface area contributed by atoms with E-state index in [1.807, 2.05) is 49.4 Å². The molecule has 0 aliphatic rings.